The summed E-state index contributed by atoms with van der Waals surface area (Å²) in [5.41, 5.74) is 7.66. The number of fused-ring (bicyclic) bond motifs is 1. The van der Waals surface area contributed by atoms with E-state index in [0.717, 1.165) is 23.4 Å². The van der Waals surface area contributed by atoms with Gasteiger partial charge in [0.25, 0.3) is 0 Å². The minimum absolute atomic E-state index is 0. The summed E-state index contributed by atoms with van der Waals surface area (Å²) in [5.74, 6) is 1.47. The number of nitrogens with one attached hydrogen (secondary N) is 2. The molecular formula is C18H26ClN3O3. The number of anilines is 1. The predicted molar refractivity (Wildman–Crippen MR) is 99.1 cm³/mol. The number of amides is 2. The van der Waals surface area contributed by atoms with E-state index in [1.807, 2.05) is 18.2 Å². The second-order valence-corrected chi connectivity index (χ2v) is 6.57. The maximum atomic E-state index is 11.9. The van der Waals surface area contributed by atoms with Crippen LogP contribution in [0.2, 0.25) is 0 Å². The van der Waals surface area contributed by atoms with Crippen molar-refractivity contribution < 1.29 is 14.3 Å². The summed E-state index contributed by atoms with van der Waals surface area (Å²) in [6.45, 7) is 1.01. The first-order chi connectivity index (χ1) is 11.7. The molecule has 0 spiro atoms. The van der Waals surface area contributed by atoms with Crippen molar-refractivity contribution in [2.75, 3.05) is 18.5 Å². The molecule has 2 aliphatic rings. The summed E-state index contributed by atoms with van der Waals surface area (Å²) in [4.78, 5) is 23.3. The molecule has 1 saturated carbocycles. The topological polar surface area (TPSA) is 93.4 Å². The van der Waals surface area contributed by atoms with Crippen molar-refractivity contribution in [2.24, 2.45) is 11.7 Å². The van der Waals surface area contributed by atoms with Crippen LogP contribution in [0.15, 0.2) is 18.2 Å². The monoisotopic (exact) mass is 367 g/mol. The average Bonchev–Trinajstić information content (AvgIpc) is 3.41. The zero-order valence-electron chi connectivity index (χ0n) is 14.3. The molecular weight excluding hydrogens is 342 g/mol. The van der Waals surface area contributed by atoms with Crippen molar-refractivity contribution in [1.29, 1.82) is 0 Å². The maximum absolute atomic E-state index is 11.9. The maximum Gasteiger partial charge on any atom is 0.224 e. The first kappa shape index (κ1) is 19.5. The fourth-order valence-corrected chi connectivity index (χ4v) is 3.02. The smallest absolute Gasteiger partial charge is 0.224 e. The van der Waals surface area contributed by atoms with E-state index < -0.39 is 0 Å². The lowest BCUT2D eigenvalue weighted by molar-refractivity contribution is -0.122. The van der Waals surface area contributed by atoms with E-state index in [2.05, 4.69) is 10.6 Å². The molecule has 4 N–H and O–H groups in total. The molecule has 7 heteroatoms. The van der Waals surface area contributed by atoms with Gasteiger partial charge in [-0.3, -0.25) is 9.59 Å². The minimum atomic E-state index is 0. The molecule has 138 valence electrons. The minimum Gasteiger partial charge on any atom is -0.494 e. The third-order valence-corrected chi connectivity index (χ3v) is 4.58. The third-order valence-electron chi connectivity index (χ3n) is 4.58. The number of ether oxygens (including phenoxy) is 1. The number of carbonyl (C=O) groups excluding carboxylic acids is 2. The van der Waals surface area contributed by atoms with Crippen LogP contribution in [0.1, 0.15) is 37.7 Å². The highest BCUT2D eigenvalue weighted by atomic mass is 35.5. The number of benzene rings is 1. The summed E-state index contributed by atoms with van der Waals surface area (Å²) in [6, 6.07) is 5.82. The van der Waals surface area contributed by atoms with E-state index >= 15 is 0 Å². The highest BCUT2D eigenvalue weighted by Crippen LogP contribution is 2.32. The molecule has 2 amide bonds. The molecule has 0 saturated heterocycles. The van der Waals surface area contributed by atoms with E-state index in [0.29, 0.717) is 38.3 Å². The van der Waals surface area contributed by atoms with Gasteiger partial charge in [-0.15, -0.1) is 12.4 Å². The van der Waals surface area contributed by atoms with Crippen LogP contribution in [0.25, 0.3) is 0 Å². The Morgan fingerprint density at radius 2 is 2.16 bits per heavy atom. The molecule has 3 rings (SSSR count). The SMILES string of the molecule is Cl.NCC(NC(=O)CCCOc1ccc2c(c1)CCC(=O)N2)C1CC1. The summed E-state index contributed by atoms with van der Waals surface area (Å²) in [6.07, 6.45) is 4.71. The highest BCUT2D eigenvalue weighted by Gasteiger charge is 2.30. The Bertz CT molecular complexity index is 620. The largest absolute Gasteiger partial charge is 0.494 e. The van der Waals surface area contributed by atoms with Crippen LogP contribution in [-0.4, -0.2) is 31.0 Å². The van der Waals surface area contributed by atoms with Gasteiger partial charge in [-0.25, -0.2) is 0 Å². The average molecular weight is 368 g/mol. The second-order valence-electron chi connectivity index (χ2n) is 6.57. The van der Waals surface area contributed by atoms with Crippen LogP contribution >= 0.6 is 12.4 Å². The van der Waals surface area contributed by atoms with Crippen molar-refractivity contribution in [3.63, 3.8) is 0 Å². The van der Waals surface area contributed by atoms with Crippen molar-refractivity contribution in [1.82, 2.24) is 5.32 Å². The van der Waals surface area contributed by atoms with Gasteiger partial charge in [0, 0.05) is 31.1 Å². The normalized spacial score (nSPS) is 16.9. The molecule has 1 aromatic rings. The summed E-state index contributed by atoms with van der Waals surface area (Å²) >= 11 is 0. The van der Waals surface area contributed by atoms with Gasteiger partial charge in [-0.1, -0.05) is 0 Å². The highest BCUT2D eigenvalue weighted by molar-refractivity contribution is 5.94. The zero-order chi connectivity index (χ0) is 16.9. The van der Waals surface area contributed by atoms with Crippen LogP contribution < -0.4 is 21.1 Å². The molecule has 1 unspecified atom stereocenters. The first-order valence-corrected chi connectivity index (χ1v) is 8.70. The summed E-state index contributed by atoms with van der Waals surface area (Å²) in [5, 5.41) is 5.86. The molecule has 0 bridgehead atoms. The van der Waals surface area contributed by atoms with E-state index in [9.17, 15) is 9.59 Å². The third kappa shape index (κ3) is 5.61. The second kappa shape index (κ2) is 9.06. The Morgan fingerprint density at radius 1 is 1.36 bits per heavy atom. The molecule has 1 aromatic carbocycles. The Hall–Kier alpha value is -1.79. The van der Waals surface area contributed by atoms with Crippen LogP contribution in [-0.2, 0) is 16.0 Å². The van der Waals surface area contributed by atoms with Crippen LogP contribution in [0.5, 0.6) is 5.75 Å². The van der Waals surface area contributed by atoms with Crippen LogP contribution in [0.4, 0.5) is 5.69 Å². The Balaban J connectivity index is 0.00000225. The predicted octanol–water partition coefficient (Wildman–Crippen LogP) is 2.01. The van der Waals surface area contributed by atoms with Crippen molar-refractivity contribution in [3.05, 3.63) is 23.8 Å². The van der Waals surface area contributed by atoms with E-state index in [4.69, 9.17) is 10.5 Å². The fraction of sp³-hybridized carbons (Fsp3) is 0.556. The Labute approximate surface area is 154 Å². The molecule has 1 aliphatic carbocycles. The quantitative estimate of drug-likeness (QED) is 0.612. The van der Waals surface area contributed by atoms with Crippen molar-refractivity contribution >= 4 is 29.9 Å². The summed E-state index contributed by atoms with van der Waals surface area (Å²) < 4.78 is 5.72. The number of aryl methyl sites for hydroxylation is 1. The lowest BCUT2D eigenvalue weighted by atomic mass is 10.0. The molecule has 1 heterocycles. The number of halogens is 1. The van der Waals surface area contributed by atoms with Gasteiger partial charge >= 0.3 is 0 Å². The zero-order valence-corrected chi connectivity index (χ0v) is 15.1. The van der Waals surface area contributed by atoms with E-state index in [-0.39, 0.29) is 30.3 Å². The Morgan fingerprint density at radius 3 is 2.88 bits per heavy atom. The van der Waals surface area contributed by atoms with Crippen molar-refractivity contribution in [3.8, 4) is 5.75 Å². The van der Waals surface area contributed by atoms with Gasteiger partial charge in [-0.05, 0) is 55.4 Å². The number of hydrogen-bond donors (Lipinski definition) is 3. The molecule has 1 atom stereocenters. The van der Waals surface area contributed by atoms with Crippen LogP contribution in [0, 0.1) is 5.92 Å². The first-order valence-electron chi connectivity index (χ1n) is 8.70. The van der Waals surface area contributed by atoms with E-state index in [1.165, 1.54) is 12.8 Å². The fourth-order valence-electron chi connectivity index (χ4n) is 3.02. The van der Waals surface area contributed by atoms with Crippen molar-refractivity contribution in [2.45, 2.75) is 44.6 Å². The van der Waals surface area contributed by atoms with Gasteiger partial charge in [-0.2, -0.15) is 0 Å². The number of nitrogens with two attached hydrogens (primary N) is 1. The molecule has 6 nitrogen and oxygen atoms in total. The van der Waals surface area contributed by atoms with Gasteiger partial charge < -0.3 is 21.1 Å². The molecule has 25 heavy (non-hydrogen) atoms. The number of rotatable bonds is 8. The molecule has 1 aliphatic heterocycles. The summed E-state index contributed by atoms with van der Waals surface area (Å²) in [7, 11) is 0. The van der Waals surface area contributed by atoms with E-state index in [1.54, 1.807) is 0 Å². The molecule has 0 aromatic heterocycles. The number of carbonyl (C=O) groups is 2. The molecule has 0 radical (unpaired) electrons. The van der Waals surface area contributed by atoms with Gasteiger partial charge in [0.1, 0.15) is 5.75 Å². The Kier molecular flexibility index (Phi) is 7.08. The van der Waals surface area contributed by atoms with Gasteiger partial charge in [0.05, 0.1) is 6.61 Å². The lowest BCUT2D eigenvalue weighted by Crippen LogP contribution is -2.41. The van der Waals surface area contributed by atoms with Gasteiger partial charge in [0.2, 0.25) is 11.8 Å². The van der Waals surface area contributed by atoms with Gasteiger partial charge in [0.15, 0.2) is 0 Å². The molecule has 1 fully saturated rings. The number of hydrogen-bond acceptors (Lipinski definition) is 4. The van der Waals surface area contributed by atoms with Crippen LogP contribution in [0.3, 0.4) is 0 Å². The lowest BCUT2D eigenvalue weighted by Gasteiger charge is -2.18. The standard InChI is InChI=1S/C18H25N3O3.ClH/c19-11-16(12-3-4-12)21-17(22)2-1-9-24-14-6-7-15-13(10-14)5-8-18(23)20-15;/h6-7,10,12,16H,1-5,8-9,11,19H2,(H,20,23)(H,21,22);1H.